The highest BCUT2D eigenvalue weighted by Crippen LogP contribution is 2.29. The Morgan fingerprint density at radius 1 is 1.30 bits per heavy atom. The Balaban J connectivity index is 2.04. The molecule has 1 saturated carbocycles. The molecule has 1 atom stereocenters. The molecule has 20 heavy (non-hydrogen) atoms. The van der Waals surface area contributed by atoms with Gasteiger partial charge in [0.15, 0.2) is 0 Å². The van der Waals surface area contributed by atoms with Gasteiger partial charge in [0.05, 0.1) is 0 Å². The van der Waals surface area contributed by atoms with Crippen LogP contribution in [0, 0.1) is 0 Å². The van der Waals surface area contributed by atoms with Gasteiger partial charge in [-0.3, -0.25) is 4.90 Å². The van der Waals surface area contributed by atoms with Crippen molar-refractivity contribution in [2.24, 2.45) is 5.84 Å². The van der Waals surface area contributed by atoms with Crippen molar-refractivity contribution in [3.8, 4) is 0 Å². The van der Waals surface area contributed by atoms with Gasteiger partial charge >= 0.3 is 0 Å². The van der Waals surface area contributed by atoms with Gasteiger partial charge in [-0.25, -0.2) is 15.8 Å². The number of nitrogens with two attached hydrogens (primary N) is 1. The van der Waals surface area contributed by atoms with Crippen molar-refractivity contribution in [3.05, 3.63) is 11.9 Å². The summed E-state index contributed by atoms with van der Waals surface area (Å²) in [6.07, 6.45) is 4.19. The van der Waals surface area contributed by atoms with Crippen LogP contribution in [0.5, 0.6) is 0 Å². The minimum Gasteiger partial charge on any atom is -0.368 e. The molecule has 0 amide bonds. The van der Waals surface area contributed by atoms with E-state index in [1.54, 1.807) is 6.33 Å². The van der Waals surface area contributed by atoms with Gasteiger partial charge in [0.2, 0.25) is 0 Å². The lowest BCUT2D eigenvalue weighted by atomic mass is 10.0. The SMILES string of the molecule is CC(C)c1c(NN)ncnc1NCC(C)N(C)C1CC1. The monoisotopic (exact) mass is 278 g/mol. The van der Waals surface area contributed by atoms with Gasteiger partial charge in [0.1, 0.15) is 18.0 Å². The van der Waals surface area contributed by atoms with Gasteiger partial charge < -0.3 is 10.7 Å². The maximum Gasteiger partial charge on any atom is 0.148 e. The topological polar surface area (TPSA) is 79.1 Å². The van der Waals surface area contributed by atoms with Crippen molar-refractivity contribution in [2.45, 2.75) is 51.6 Å². The number of hydrogen-bond acceptors (Lipinski definition) is 6. The van der Waals surface area contributed by atoms with Gasteiger partial charge in [-0.1, -0.05) is 13.8 Å². The Labute approximate surface area is 121 Å². The molecule has 1 aliphatic carbocycles. The maximum atomic E-state index is 5.53. The Bertz CT molecular complexity index is 443. The third-order valence-corrected chi connectivity index (χ3v) is 3.98. The average Bonchev–Trinajstić information content (AvgIpc) is 3.27. The van der Waals surface area contributed by atoms with Crippen LogP contribution in [0.2, 0.25) is 0 Å². The van der Waals surface area contributed by atoms with Gasteiger partial charge in [-0.15, -0.1) is 0 Å². The Morgan fingerprint density at radius 2 is 1.95 bits per heavy atom. The number of nitrogen functional groups attached to an aromatic ring is 1. The van der Waals surface area contributed by atoms with E-state index in [0.717, 1.165) is 24.0 Å². The van der Waals surface area contributed by atoms with Crippen LogP contribution in [0.4, 0.5) is 11.6 Å². The van der Waals surface area contributed by atoms with Crippen molar-refractivity contribution in [3.63, 3.8) is 0 Å². The third kappa shape index (κ3) is 3.37. The van der Waals surface area contributed by atoms with E-state index in [1.807, 2.05) is 0 Å². The molecule has 6 nitrogen and oxygen atoms in total. The second-order valence-electron chi connectivity index (χ2n) is 5.91. The molecule has 6 heteroatoms. The van der Waals surface area contributed by atoms with Crippen LogP contribution in [0.25, 0.3) is 0 Å². The molecule has 0 bridgehead atoms. The largest absolute Gasteiger partial charge is 0.368 e. The molecule has 4 N–H and O–H groups in total. The molecule has 1 aromatic heterocycles. The molecular weight excluding hydrogens is 252 g/mol. The molecular formula is C14H26N6. The smallest absolute Gasteiger partial charge is 0.148 e. The fourth-order valence-electron chi connectivity index (χ4n) is 2.43. The summed E-state index contributed by atoms with van der Waals surface area (Å²) < 4.78 is 0. The van der Waals surface area contributed by atoms with E-state index in [0.29, 0.717) is 17.8 Å². The molecule has 0 aliphatic heterocycles. The van der Waals surface area contributed by atoms with Crippen LogP contribution in [-0.4, -0.2) is 40.5 Å². The van der Waals surface area contributed by atoms with E-state index in [4.69, 9.17) is 5.84 Å². The fraction of sp³-hybridized carbons (Fsp3) is 0.714. The van der Waals surface area contributed by atoms with E-state index in [9.17, 15) is 0 Å². The molecule has 0 aromatic carbocycles. The molecule has 0 spiro atoms. The minimum atomic E-state index is 0.307. The molecule has 1 aliphatic rings. The van der Waals surface area contributed by atoms with Crippen LogP contribution < -0.4 is 16.6 Å². The molecule has 1 aromatic rings. The normalized spacial score (nSPS) is 16.6. The van der Waals surface area contributed by atoms with Gasteiger partial charge in [-0.2, -0.15) is 0 Å². The molecule has 2 rings (SSSR count). The molecule has 0 radical (unpaired) electrons. The van der Waals surface area contributed by atoms with Crippen molar-refractivity contribution in [2.75, 3.05) is 24.3 Å². The van der Waals surface area contributed by atoms with Crippen LogP contribution in [0.15, 0.2) is 6.33 Å². The summed E-state index contributed by atoms with van der Waals surface area (Å²) >= 11 is 0. The summed E-state index contributed by atoms with van der Waals surface area (Å²) in [6, 6.07) is 1.25. The van der Waals surface area contributed by atoms with Crippen molar-refractivity contribution in [1.29, 1.82) is 0 Å². The lowest BCUT2D eigenvalue weighted by Crippen LogP contribution is -2.36. The number of rotatable bonds is 7. The zero-order chi connectivity index (χ0) is 14.7. The number of nitrogens with zero attached hydrogens (tertiary/aromatic N) is 3. The third-order valence-electron chi connectivity index (χ3n) is 3.98. The van der Waals surface area contributed by atoms with Crippen molar-refractivity contribution >= 4 is 11.6 Å². The Kier molecular flexibility index (Phi) is 4.77. The van der Waals surface area contributed by atoms with Gasteiger partial charge in [0, 0.05) is 24.2 Å². The number of nitrogens with one attached hydrogen (secondary N) is 2. The number of likely N-dealkylation sites (N-methyl/N-ethyl adjacent to an activating group) is 1. The summed E-state index contributed by atoms with van der Waals surface area (Å²) in [7, 11) is 2.19. The first-order valence-electron chi connectivity index (χ1n) is 7.31. The lowest BCUT2D eigenvalue weighted by molar-refractivity contribution is 0.257. The standard InChI is InChI=1S/C14H26N6/c1-9(2)12-13(17-8-18-14(12)19-15)16-7-10(3)20(4)11-5-6-11/h8-11H,5-7,15H2,1-4H3,(H2,16,17,18,19). The highest BCUT2D eigenvalue weighted by atomic mass is 15.3. The van der Waals surface area contributed by atoms with Crippen molar-refractivity contribution in [1.82, 2.24) is 14.9 Å². The fourth-order valence-corrected chi connectivity index (χ4v) is 2.43. The first-order valence-corrected chi connectivity index (χ1v) is 7.31. The molecule has 1 fully saturated rings. The summed E-state index contributed by atoms with van der Waals surface area (Å²) in [5.41, 5.74) is 3.69. The summed E-state index contributed by atoms with van der Waals surface area (Å²) in [5, 5.41) is 3.44. The zero-order valence-corrected chi connectivity index (χ0v) is 12.8. The number of aromatic nitrogens is 2. The molecule has 112 valence electrons. The van der Waals surface area contributed by atoms with Crippen LogP contribution >= 0.6 is 0 Å². The van der Waals surface area contributed by atoms with Crippen LogP contribution in [0.1, 0.15) is 45.1 Å². The van der Waals surface area contributed by atoms with Crippen molar-refractivity contribution < 1.29 is 0 Å². The summed E-state index contributed by atoms with van der Waals surface area (Å²) in [5.74, 6) is 7.41. The molecule has 0 saturated heterocycles. The van der Waals surface area contributed by atoms with Crippen LogP contribution in [0.3, 0.4) is 0 Å². The first-order chi connectivity index (χ1) is 9.54. The van der Waals surface area contributed by atoms with Gasteiger partial charge in [0.25, 0.3) is 0 Å². The Morgan fingerprint density at radius 3 is 2.50 bits per heavy atom. The summed E-state index contributed by atoms with van der Waals surface area (Å²) in [6.45, 7) is 7.34. The van der Waals surface area contributed by atoms with E-state index in [1.165, 1.54) is 12.8 Å². The zero-order valence-electron chi connectivity index (χ0n) is 12.8. The number of anilines is 2. The lowest BCUT2D eigenvalue weighted by Gasteiger charge is -2.25. The van der Waals surface area contributed by atoms with Crippen LogP contribution in [-0.2, 0) is 0 Å². The van der Waals surface area contributed by atoms with E-state index >= 15 is 0 Å². The quantitative estimate of drug-likeness (QED) is 0.521. The minimum absolute atomic E-state index is 0.307. The van der Waals surface area contributed by atoms with E-state index in [-0.39, 0.29) is 0 Å². The molecule has 1 heterocycles. The predicted octanol–water partition coefficient (Wildman–Crippen LogP) is 1.78. The number of hydrazine groups is 1. The van der Waals surface area contributed by atoms with E-state index < -0.39 is 0 Å². The second-order valence-corrected chi connectivity index (χ2v) is 5.91. The number of hydrogen-bond donors (Lipinski definition) is 3. The predicted molar refractivity (Wildman–Crippen MR) is 82.7 cm³/mol. The molecule has 1 unspecified atom stereocenters. The van der Waals surface area contributed by atoms with Gasteiger partial charge in [-0.05, 0) is 32.7 Å². The first kappa shape index (κ1) is 15.0. The summed E-state index contributed by atoms with van der Waals surface area (Å²) in [4.78, 5) is 11.0. The second kappa shape index (κ2) is 6.37. The maximum absolute atomic E-state index is 5.53. The highest BCUT2D eigenvalue weighted by Gasteiger charge is 2.29. The highest BCUT2D eigenvalue weighted by molar-refractivity contribution is 5.58. The average molecular weight is 278 g/mol. The van der Waals surface area contributed by atoms with E-state index in [2.05, 4.69) is 53.4 Å². The Hall–Kier alpha value is -1.40.